The Balaban J connectivity index is 1.57. The molecule has 1 aliphatic heterocycles. The maximum Gasteiger partial charge on any atom is 0.338 e. The van der Waals surface area contributed by atoms with E-state index in [1.807, 2.05) is 50.2 Å². The molecule has 5 rings (SSSR count). The number of nitro benzene ring substituents is 1. The topological polar surface area (TPSA) is 122 Å². The average Bonchev–Trinajstić information content (AvgIpc) is 3.30. The summed E-state index contributed by atoms with van der Waals surface area (Å²) in [6.07, 6.45) is 1.73. The van der Waals surface area contributed by atoms with Crippen molar-refractivity contribution >= 4 is 45.0 Å². The molecule has 1 atom stereocenters. The molecule has 0 saturated heterocycles. The minimum Gasteiger partial charge on any atom is -0.491 e. The van der Waals surface area contributed by atoms with Gasteiger partial charge in [-0.05, 0) is 87.4 Å². The number of benzene rings is 3. The molecule has 0 amide bonds. The van der Waals surface area contributed by atoms with E-state index in [-0.39, 0.29) is 30.6 Å². The zero-order valence-corrected chi connectivity index (χ0v) is 27.4. The van der Waals surface area contributed by atoms with Gasteiger partial charge in [-0.2, -0.15) is 0 Å². The van der Waals surface area contributed by atoms with Crippen LogP contribution in [0, 0.1) is 10.1 Å². The van der Waals surface area contributed by atoms with Crippen LogP contribution in [0.4, 0.5) is 5.69 Å². The largest absolute Gasteiger partial charge is 0.491 e. The molecule has 12 heteroatoms. The van der Waals surface area contributed by atoms with E-state index >= 15 is 0 Å². The summed E-state index contributed by atoms with van der Waals surface area (Å²) in [5.74, 6) is 0.660. The Bertz CT molecular complexity index is 1960. The number of hydrogen-bond donors (Lipinski definition) is 0. The summed E-state index contributed by atoms with van der Waals surface area (Å²) in [6, 6.07) is 18.1. The zero-order chi connectivity index (χ0) is 32.2. The average molecular weight is 693 g/mol. The van der Waals surface area contributed by atoms with Crippen LogP contribution in [-0.4, -0.2) is 28.2 Å². The number of nitrogens with zero attached hydrogens (tertiary/aromatic N) is 3. The number of thiazole rings is 1. The van der Waals surface area contributed by atoms with Crippen LogP contribution in [0.15, 0.2) is 92.3 Å². The Morgan fingerprint density at radius 2 is 1.84 bits per heavy atom. The van der Waals surface area contributed by atoms with Crippen LogP contribution in [0.25, 0.3) is 6.08 Å². The molecular formula is C33H30BrN3O7S. The van der Waals surface area contributed by atoms with Crippen molar-refractivity contribution in [2.24, 2.45) is 4.99 Å². The van der Waals surface area contributed by atoms with Gasteiger partial charge in [-0.3, -0.25) is 19.5 Å². The fraction of sp³-hybridized carbons (Fsp3) is 0.242. The first-order valence-electron chi connectivity index (χ1n) is 14.2. The number of halogens is 1. The normalized spacial score (nSPS) is 14.6. The van der Waals surface area contributed by atoms with E-state index in [9.17, 15) is 19.7 Å². The van der Waals surface area contributed by atoms with Gasteiger partial charge < -0.3 is 14.2 Å². The van der Waals surface area contributed by atoms with Crippen LogP contribution in [0.2, 0.25) is 0 Å². The van der Waals surface area contributed by atoms with Crippen molar-refractivity contribution in [1.29, 1.82) is 0 Å². The number of allylic oxidation sites excluding steroid dienone is 1. The molecule has 1 aliphatic rings. The number of esters is 1. The van der Waals surface area contributed by atoms with Crippen molar-refractivity contribution in [3.63, 3.8) is 0 Å². The molecule has 45 heavy (non-hydrogen) atoms. The molecule has 0 spiro atoms. The summed E-state index contributed by atoms with van der Waals surface area (Å²) in [7, 11) is 0. The lowest BCUT2D eigenvalue weighted by atomic mass is 9.96. The van der Waals surface area contributed by atoms with Crippen LogP contribution in [-0.2, 0) is 16.1 Å². The molecule has 2 heterocycles. The molecule has 0 saturated carbocycles. The first kappa shape index (κ1) is 31.9. The van der Waals surface area contributed by atoms with Gasteiger partial charge in [0, 0.05) is 22.2 Å². The molecule has 0 unspecified atom stereocenters. The molecule has 10 nitrogen and oxygen atoms in total. The van der Waals surface area contributed by atoms with E-state index in [4.69, 9.17) is 14.2 Å². The van der Waals surface area contributed by atoms with Crippen molar-refractivity contribution in [2.75, 3.05) is 6.61 Å². The lowest BCUT2D eigenvalue weighted by Crippen LogP contribution is -2.39. The number of rotatable bonds is 10. The molecule has 1 aromatic heterocycles. The molecule has 0 N–H and O–H groups in total. The lowest BCUT2D eigenvalue weighted by molar-refractivity contribution is -0.384. The van der Waals surface area contributed by atoms with Gasteiger partial charge in [0.05, 0.1) is 39.5 Å². The third-order valence-corrected chi connectivity index (χ3v) is 8.36. The number of carbonyl (C=O) groups excluding carboxylic acids is 1. The summed E-state index contributed by atoms with van der Waals surface area (Å²) in [5, 5.41) is 11.0. The molecule has 0 bridgehead atoms. The van der Waals surface area contributed by atoms with Gasteiger partial charge >= 0.3 is 5.97 Å². The number of fused-ring (bicyclic) bond motifs is 1. The summed E-state index contributed by atoms with van der Waals surface area (Å²) in [4.78, 5) is 42.9. The van der Waals surface area contributed by atoms with Crippen molar-refractivity contribution in [3.8, 4) is 11.5 Å². The number of carbonyl (C=O) groups is 1. The lowest BCUT2D eigenvalue weighted by Gasteiger charge is -2.25. The van der Waals surface area contributed by atoms with Crippen molar-refractivity contribution in [2.45, 2.75) is 46.4 Å². The molecule has 0 radical (unpaired) electrons. The Labute approximate surface area is 271 Å². The number of non-ortho nitro benzene ring substituents is 1. The van der Waals surface area contributed by atoms with Crippen LogP contribution in [0.3, 0.4) is 0 Å². The second-order valence-corrected chi connectivity index (χ2v) is 12.4. The fourth-order valence-corrected chi connectivity index (χ4v) is 6.30. The predicted molar refractivity (Wildman–Crippen MR) is 174 cm³/mol. The summed E-state index contributed by atoms with van der Waals surface area (Å²) in [5.41, 5.74) is 2.56. The highest BCUT2D eigenvalue weighted by molar-refractivity contribution is 9.10. The van der Waals surface area contributed by atoms with Gasteiger partial charge in [-0.25, -0.2) is 9.79 Å². The summed E-state index contributed by atoms with van der Waals surface area (Å²) >= 11 is 4.72. The standard InChI is InChI=1S/C33H30BrN3O7S/c1-5-42-32(39)29-20(4)35-33-36(30(29)22-8-13-26(14-9-22)44-19(2)3)31(38)28(45-33)17-23-16-24(34)10-15-27(23)43-18-21-6-11-25(12-7-21)37(40)41/h6-17,19,30H,5,18H2,1-4H3/b28-17-/t30-/m0/s1. The van der Waals surface area contributed by atoms with Crippen LogP contribution in [0.1, 0.15) is 50.4 Å². The summed E-state index contributed by atoms with van der Waals surface area (Å²) < 4.78 is 20.0. The molecule has 0 aliphatic carbocycles. The Morgan fingerprint density at radius 3 is 2.49 bits per heavy atom. The second-order valence-electron chi connectivity index (χ2n) is 10.4. The van der Waals surface area contributed by atoms with E-state index in [1.165, 1.54) is 28.0 Å². The number of nitro groups is 1. The number of aromatic nitrogens is 1. The highest BCUT2D eigenvalue weighted by Gasteiger charge is 2.33. The minimum absolute atomic E-state index is 0.00190. The van der Waals surface area contributed by atoms with Gasteiger partial charge in [0.1, 0.15) is 18.1 Å². The van der Waals surface area contributed by atoms with E-state index in [0.717, 1.165) is 10.0 Å². The first-order valence-corrected chi connectivity index (χ1v) is 15.8. The highest BCUT2D eigenvalue weighted by atomic mass is 79.9. The van der Waals surface area contributed by atoms with Crippen LogP contribution >= 0.6 is 27.3 Å². The van der Waals surface area contributed by atoms with E-state index < -0.39 is 16.9 Å². The molecule has 232 valence electrons. The van der Waals surface area contributed by atoms with Gasteiger partial charge in [0.2, 0.25) is 0 Å². The smallest absolute Gasteiger partial charge is 0.338 e. The first-order chi connectivity index (χ1) is 21.5. The van der Waals surface area contributed by atoms with Crippen molar-refractivity contribution in [3.05, 3.63) is 129 Å². The number of hydrogen-bond acceptors (Lipinski definition) is 9. The quantitative estimate of drug-likeness (QED) is 0.116. The zero-order valence-electron chi connectivity index (χ0n) is 25.0. The second kappa shape index (κ2) is 13.6. The monoisotopic (exact) mass is 691 g/mol. The highest BCUT2D eigenvalue weighted by Crippen LogP contribution is 2.32. The van der Waals surface area contributed by atoms with E-state index in [2.05, 4.69) is 20.9 Å². The Hall–Kier alpha value is -4.55. The predicted octanol–water partition coefficient (Wildman–Crippen LogP) is 5.84. The fourth-order valence-electron chi connectivity index (χ4n) is 4.89. The molecule has 4 aromatic rings. The SMILES string of the molecule is CCOC(=O)C1=C(C)N=c2s/c(=C\c3cc(Br)ccc3OCc3ccc([N+](=O)[O-])cc3)c(=O)n2[C@H]1c1ccc(OC(C)C)cc1. The van der Waals surface area contributed by atoms with Gasteiger partial charge in [0.25, 0.3) is 11.2 Å². The van der Waals surface area contributed by atoms with Crippen LogP contribution in [0.5, 0.6) is 11.5 Å². The Kier molecular flexibility index (Phi) is 9.64. The van der Waals surface area contributed by atoms with Crippen LogP contribution < -0.4 is 24.4 Å². The van der Waals surface area contributed by atoms with E-state index in [0.29, 0.717) is 43.2 Å². The maximum absolute atomic E-state index is 14.1. The molecule has 3 aromatic carbocycles. The third kappa shape index (κ3) is 7.07. The Morgan fingerprint density at radius 1 is 1.13 bits per heavy atom. The van der Waals surface area contributed by atoms with Gasteiger partial charge in [0.15, 0.2) is 4.80 Å². The molecule has 0 fully saturated rings. The minimum atomic E-state index is -0.754. The number of ether oxygens (including phenoxy) is 3. The van der Waals surface area contributed by atoms with Crippen molar-refractivity contribution < 1.29 is 23.9 Å². The summed E-state index contributed by atoms with van der Waals surface area (Å²) in [6.45, 7) is 7.70. The molecular weight excluding hydrogens is 662 g/mol. The van der Waals surface area contributed by atoms with Gasteiger partial charge in [-0.15, -0.1) is 0 Å². The third-order valence-electron chi connectivity index (χ3n) is 6.88. The van der Waals surface area contributed by atoms with E-state index in [1.54, 1.807) is 38.1 Å². The van der Waals surface area contributed by atoms with Crippen molar-refractivity contribution in [1.82, 2.24) is 4.57 Å². The maximum atomic E-state index is 14.1. The van der Waals surface area contributed by atoms with Gasteiger partial charge in [-0.1, -0.05) is 39.4 Å².